The number of carbonyl (C=O) groups is 1. The van der Waals surface area contributed by atoms with Crippen LogP contribution in [0.1, 0.15) is 17.5 Å². The summed E-state index contributed by atoms with van der Waals surface area (Å²) in [6.45, 7) is 1.81. The lowest BCUT2D eigenvalue weighted by Crippen LogP contribution is -2.35. The van der Waals surface area contributed by atoms with Crippen molar-refractivity contribution in [2.45, 2.75) is 25.8 Å². The van der Waals surface area contributed by atoms with E-state index in [1.807, 2.05) is 13.0 Å². The quantitative estimate of drug-likeness (QED) is 0.792. The van der Waals surface area contributed by atoms with E-state index in [2.05, 4.69) is 5.32 Å². The molecule has 1 aliphatic rings. The monoisotopic (exact) mass is 377 g/mol. The maximum absolute atomic E-state index is 12.3. The highest BCUT2D eigenvalue weighted by Gasteiger charge is 2.23. The third-order valence-corrected chi connectivity index (χ3v) is 5.77. The fourth-order valence-corrected chi connectivity index (χ4v) is 4.21. The lowest BCUT2D eigenvalue weighted by Gasteiger charge is -2.11. The van der Waals surface area contributed by atoms with Crippen LogP contribution in [0, 0.1) is 6.92 Å². The smallest absolute Gasteiger partial charge is 0.339 e. The van der Waals surface area contributed by atoms with E-state index in [-0.39, 0.29) is 24.5 Å². The van der Waals surface area contributed by atoms with Gasteiger partial charge in [0.1, 0.15) is 11.3 Å². The fourth-order valence-electron chi connectivity index (χ4n) is 2.97. The van der Waals surface area contributed by atoms with Crippen LogP contribution in [0.3, 0.4) is 0 Å². The number of sulfone groups is 1. The van der Waals surface area contributed by atoms with E-state index in [1.54, 1.807) is 12.1 Å². The Bertz CT molecular complexity index is 1050. The number of hydrogen-bond acceptors (Lipinski definition) is 6. The zero-order chi connectivity index (χ0) is 18.9. The van der Waals surface area contributed by atoms with Crippen LogP contribution in [0.5, 0.6) is 5.75 Å². The Balaban J connectivity index is 1.74. The van der Waals surface area contributed by atoms with Gasteiger partial charge in [-0.05, 0) is 37.1 Å². The van der Waals surface area contributed by atoms with Crippen LogP contribution in [-0.2, 0) is 21.1 Å². The van der Waals surface area contributed by atoms with Gasteiger partial charge in [-0.1, -0.05) is 0 Å². The highest BCUT2D eigenvalue weighted by Crippen LogP contribution is 2.24. The van der Waals surface area contributed by atoms with Crippen LogP contribution in [-0.4, -0.2) is 33.2 Å². The Morgan fingerprint density at radius 1 is 1.38 bits per heavy atom. The van der Waals surface area contributed by atoms with Crippen LogP contribution in [0.4, 0.5) is 0 Å². The lowest BCUT2D eigenvalue weighted by atomic mass is 10.0. The first-order chi connectivity index (χ1) is 12.3. The topological polar surface area (TPSA) is 103 Å². The molecule has 1 aromatic carbocycles. The van der Waals surface area contributed by atoms with Crippen molar-refractivity contribution in [1.82, 2.24) is 5.32 Å². The maximum Gasteiger partial charge on any atom is 0.339 e. The van der Waals surface area contributed by atoms with Crippen molar-refractivity contribution >= 4 is 26.7 Å². The van der Waals surface area contributed by atoms with Gasteiger partial charge in [-0.25, -0.2) is 13.2 Å². The summed E-state index contributed by atoms with van der Waals surface area (Å²) in [7, 11) is -1.69. The molecule has 1 atom stereocenters. The standard InChI is InChI=1S/C18H19NO6S/c1-11-14-4-3-13(24-2)9-16(14)25-18(21)15(11)5-6-17(20)19-12-7-8-26(22,23)10-12/h3-4,7-9,12H,5-6,10H2,1-2H3,(H,19,20)/t12-/m1/s1. The molecule has 1 N–H and O–H groups in total. The molecule has 1 aliphatic heterocycles. The zero-order valence-electron chi connectivity index (χ0n) is 14.4. The fraction of sp³-hybridized carbons (Fsp3) is 0.333. The molecule has 0 aliphatic carbocycles. The van der Waals surface area contributed by atoms with Crippen molar-refractivity contribution in [3.8, 4) is 5.75 Å². The number of aryl methyl sites for hydroxylation is 1. The van der Waals surface area contributed by atoms with E-state index in [1.165, 1.54) is 13.2 Å². The first kappa shape index (κ1) is 18.2. The first-order valence-electron chi connectivity index (χ1n) is 8.10. The van der Waals surface area contributed by atoms with Gasteiger partial charge in [-0.15, -0.1) is 0 Å². The number of amides is 1. The molecule has 1 amide bonds. The van der Waals surface area contributed by atoms with Crippen LogP contribution >= 0.6 is 0 Å². The predicted octanol–water partition coefficient (Wildman–Crippen LogP) is 1.47. The minimum absolute atomic E-state index is 0.0671. The molecule has 0 spiro atoms. The van der Waals surface area contributed by atoms with Crippen LogP contribution in [0.15, 0.2) is 38.9 Å². The Hall–Kier alpha value is -2.61. The number of methoxy groups -OCH3 is 1. The molecule has 0 unspecified atom stereocenters. The van der Waals surface area contributed by atoms with Gasteiger partial charge in [-0.3, -0.25) is 4.79 Å². The summed E-state index contributed by atoms with van der Waals surface area (Å²) >= 11 is 0. The molecule has 0 bridgehead atoms. The van der Waals surface area contributed by atoms with Crippen molar-refractivity contribution in [3.05, 3.63) is 51.2 Å². The van der Waals surface area contributed by atoms with E-state index in [4.69, 9.17) is 9.15 Å². The van der Waals surface area contributed by atoms with Gasteiger partial charge in [0.05, 0.1) is 18.9 Å². The molecule has 8 heteroatoms. The number of ether oxygens (including phenoxy) is 1. The second-order valence-corrected chi connectivity index (χ2v) is 8.12. The normalized spacial score (nSPS) is 18.2. The minimum atomic E-state index is -3.22. The average molecular weight is 377 g/mol. The zero-order valence-corrected chi connectivity index (χ0v) is 15.3. The lowest BCUT2D eigenvalue weighted by molar-refractivity contribution is -0.121. The molecular weight excluding hydrogens is 358 g/mol. The van der Waals surface area contributed by atoms with E-state index in [0.29, 0.717) is 16.9 Å². The van der Waals surface area contributed by atoms with Crippen LogP contribution in [0.2, 0.25) is 0 Å². The maximum atomic E-state index is 12.3. The number of benzene rings is 1. The predicted molar refractivity (Wildman–Crippen MR) is 97.0 cm³/mol. The summed E-state index contributed by atoms with van der Waals surface area (Å²) in [6.07, 6.45) is 1.74. The SMILES string of the molecule is COc1ccc2c(C)c(CCC(=O)N[C@@H]3C=CS(=O)(=O)C3)c(=O)oc2c1. The number of rotatable bonds is 5. The number of nitrogens with one attached hydrogen (secondary N) is 1. The van der Waals surface area contributed by atoms with Gasteiger partial charge in [0.25, 0.3) is 0 Å². The number of carbonyl (C=O) groups excluding carboxylic acids is 1. The number of fused-ring (bicyclic) bond motifs is 1. The molecule has 3 rings (SSSR count). The molecular formula is C18H19NO6S. The highest BCUT2D eigenvalue weighted by molar-refractivity contribution is 7.94. The van der Waals surface area contributed by atoms with E-state index in [9.17, 15) is 18.0 Å². The molecule has 7 nitrogen and oxygen atoms in total. The van der Waals surface area contributed by atoms with E-state index >= 15 is 0 Å². The molecule has 1 aromatic heterocycles. The van der Waals surface area contributed by atoms with Gasteiger partial charge < -0.3 is 14.5 Å². The third-order valence-electron chi connectivity index (χ3n) is 4.37. The van der Waals surface area contributed by atoms with Gasteiger partial charge >= 0.3 is 5.63 Å². The summed E-state index contributed by atoms with van der Waals surface area (Å²) in [5.74, 6) is 0.148. The van der Waals surface area contributed by atoms with Gasteiger partial charge in [0.15, 0.2) is 9.84 Å². The highest BCUT2D eigenvalue weighted by atomic mass is 32.2. The summed E-state index contributed by atoms with van der Waals surface area (Å²) in [5.41, 5.74) is 1.14. The van der Waals surface area contributed by atoms with Gasteiger partial charge in [0.2, 0.25) is 5.91 Å². The molecule has 138 valence electrons. The molecule has 2 aromatic rings. The third kappa shape index (κ3) is 3.80. The van der Waals surface area contributed by atoms with E-state index in [0.717, 1.165) is 16.4 Å². The summed E-state index contributed by atoms with van der Waals surface area (Å²) in [4.78, 5) is 24.3. The van der Waals surface area contributed by atoms with Crippen molar-refractivity contribution < 1.29 is 22.4 Å². The van der Waals surface area contributed by atoms with Crippen molar-refractivity contribution in [3.63, 3.8) is 0 Å². The van der Waals surface area contributed by atoms with Gasteiger partial charge in [-0.2, -0.15) is 0 Å². The molecule has 0 fully saturated rings. The van der Waals surface area contributed by atoms with E-state index < -0.39 is 21.5 Å². The average Bonchev–Trinajstić information content (AvgIpc) is 2.92. The molecule has 0 saturated heterocycles. The molecule has 0 saturated carbocycles. The van der Waals surface area contributed by atoms with Crippen molar-refractivity contribution in [2.75, 3.05) is 12.9 Å². The molecule has 2 heterocycles. The minimum Gasteiger partial charge on any atom is -0.497 e. The second kappa shape index (κ2) is 6.95. The van der Waals surface area contributed by atoms with Crippen LogP contribution in [0.25, 0.3) is 11.0 Å². The Morgan fingerprint density at radius 3 is 2.81 bits per heavy atom. The van der Waals surface area contributed by atoms with Gasteiger partial charge in [0, 0.05) is 28.8 Å². The summed E-state index contributed by atoms with van der Waals surface area (Å²) in [5, 5.41) is 4.53. The molecule has 0 radical (unpaired) electrons. The Morgan fingerprint density at radius 2 is 2.15 bits per heavy atom. The van der Waals surface area contributed by atoms with Crippen molar-refractivity contribution in [2.24, 2.45) is 0 Å². The molecule has 26 heavy (non-hydrogen) atoms. The summed E-state index contributed by atoms with van der Waals surface area (Å²) in [6, 6.07) is 4.71. The summed E-state index contributed by atoms with van der Waals surface area (Å²) < 4.78 is 33.2. The second-order valence-electron chi connectivity index (χ2n) is 6.19. The largest absolute Gasteiger partial charge is 0.497 e. The van der Waals surface area contributed by atoms with Crippen molar-refractivity contribution in [1.29, 1.82) is 0 Å². The number of hydrogen-bond donors (Lipinski definition) is 1. The Kier molecular flexibility index (Phi) is 4.86. The van der Waals surface area contributed by atoms with Crippen LogP contribution < -0.4 is 15.7 Å². The first-order valence-corrected chi connectivity index (χ1v) is 9.81. The Labute approximate surface area is 150 Å².